The van der Waals surface area contributed by atoms with Gasteiger partial charge in [0.25, 0.3) is 5.60 Å². The number of unbranched alkanes of at least 4 members (excludes halogenated alkanes) is 1. The number of benzene rings is 2. The maximum absolute atomic E-state index is 13.1. The second-order valence-electron chi connectivity index (χ2n) is 7.16. The molecule has 0 spiro atoms. The molecule has 0 aliphatic rings. The average molecular weight is 454 g/mol. The molecule has 9 heteroatoms. The fraction of sp³-hybridized carbons (Fsp3) is 0.429. The molecule has 2 nitrogen and oxygen atoms in total. The Balaban J connectivity index is 2.39. The van der Waals surface area contributed by atoms with Crippen LogP contribution in [0.4, 0.5) is 32.0 Å². The van der Waals surface area contributed by atoms with Crippen molar-refractivity contribution in [1.29, 1.82) is 0 Å². The number of anilines is 1. The van der Waals surface area contributed by atoms with Crippen molar-refractivity contribution in [1.82, 2.24) is 0 Å². The first-order chi connectivity index (χ1) is 13.8. The summed E-state index contributed by atoms with van der Waals surface area (Å²) in [7, 11) is 0. The molecule has 0 aliphatic carbocycles. The lowest BCUT2D eigenvalue weighted by Gasteiger charge is -2.33. The zero-order valence-corrected chi connectivity index (χ0v) is 17.2. The molecule has 2 aromatic carbocycles. The lowest BCUT2D eigenvalue weighted by Crippen LogP contribution is -2.53. The minimum absolute atomic E-state index is 0.379. The van der Waals surface area contributed by atoms with Gasteiger partial charge in [-0.25, -0.2) is 0 Å². The molecule has 0 unspecified atom stereocenters. The van der Waals surface area contributed by atoms with E-state index >= 15 is 0 Å². The van der Waals surface area contributed by atoms with Crippen LogP contribution in [0.2, 0.25) is 5.02 Å². The number of hydrogen-bond acceptors (Lipinski definition) is 2. The van der Waals surface area contributed by atoms with E-state index in [-0.39, 0.29) is 0 Å². The molecular weight excluding hydrogens is 432 g/mol. The highest BCUT2D eigenvalue weighted by molar-refractivity contribution is 6.30. The second kappa shape index (κ2) is 9.06. The third-order valence-electron chi connectivity index (χ3n) is 4.73. The molecular formula is C21H22ClF6NO. The lowest BCUT2D eigenvalue weighted by molar-refractivity contribution is -0.376. The molecule has 0 bridgehead atoms. The highest BCUT2D eigenvalue weighted by atomic mass is 35.5. The molecule has 0 heterocycles. The Labute approximate surface area is 176 Å². The van der Waals surface area contributed by atoms with E-state index in [2.05, 4.69) is 0 Å². The lowest BCUT2D eigenvalue weighted by atomic mass is 9.92. The molecule has 0 amide bonds. The van der Waals surface area contributed by atoms with Crippen molar-refractivity contribution in [3.63, 3.8) is 0 Å². The van der Waals surface area contributed by atoms with Crippen molar-refractivity contribution in [2.45, 2.75) is 51.2 Å². The van der Waals surface area contributed by atoms with Crippen molar-refractivity contribution in [2.24, 2.45) is 0 Å². The highest BCUT2D eigenvalue weighted by Crippen LogP contribution is 2.50. The Kier molecular flexibility index (Phi) is 7.35. The van der Waals surface area contributed by atoms with Crippen LogP contribution in [0.25, 0.3) is 0 Å². The number of rotatable bonds is 7. The maximum Gasteiger partial charge on any atom is 0.430 e. The number of aryl methyl sites for hydroxylation is 1. The van der Waals surface area contributed by atoms with E-state index in [0.717, 1.165) is 36.1 Å². The van der Waals surface area contributed by atoms with Gasteiger partial charge in [-0.15, -0.1) is 0 Å². The van der Waals surface area contributed by atoms with Crippen molar-refractivity contribution in [2.75, 3.05) is 11.4 Å². The van der Waals surface area contributed by atoms with Crippen LogP contribution in [0.5, 0.6) is 0 Å². The van der Waals surface area contributed by atoms with Gasteiger partial charge >= 0.3 is 12.4 Å². The first-order valence-electron chi connectivity index (χ1n) is 9.27. The van der Waals surface area contributed by atoms with Gasteiger partial charge in [0.15, 0.2) is 0 Å². The van der Waals surface area contributed by atoms with E-state index in [4.69, 9.17) is 11.6 Å². The third kappa shape index (κ3) is 5.21. The molecule has 30 heavy (non-hydrogen) atoms. The van der Waals surface area contributed by atoms with Crippen LogP contribution in [0, 0.1) is 6.92 Å². The number of nitrogens with zero attached hydrogens (tertiary/aromatic N) is 1. The SMILES string of the molecule is CCCCN(Cc1cc(C)cc(Cl)c1)c1ccc(C(O)(C(F)(F)F)C(F)(F)F)cc1. The molecule has 0 atom stereocenters. The summed E-state index contributed by atoms with van der Waals surface area (Å²) in [4.78, 5) is 1.85. The van der Waals surface area contributed by atoms with Crippen LogP contribution in [0.3, 0.4) is 0 Å². The monoisotopic (exact) mass is 453 g/mol. The van der Waals surface area contributed by atoms with Gasteiger partial charge in [-0.05, 0) is 48.7 Å². The van der Waals surface area contributed by atoms with E-state index in [0.29, 0.717) is 35.9 Å². The van der Waals surface area contributed by atoms with Crippen LogP contribution < -0.4 is 4.90 Å². The van der Waals surface area contributed by atoms with Crippen molar-refractivity contribution in [3.8, 4) is 0 Å². The van der Waals surface area contributed by atoms with Crippen LogP contribution in [-0.4, -0.2) is 24.0 Å². The minimum Gasteiger partial charge on any atom is -0.369 e. The quantitative estimate of drug-likeness (QED) is 0.468. The van der Waals surface area contributed by atoms with Gasteiger partial charge in [0.1, 0.15) is 0 Å². The van der Waals surface area contributed by atoms with Gasteiger partial charge < -0.3 is 10.0 Å². The van der Waals surface area contributed by atoms with Gasteiger partial charge in [-0.2, -0.15) is 26.3 Å². The molecule has 2 rings (SSSR count). The molecule has 1 N–H and O–H groups in total. The summed E-state index contributed by atoms with van der Waals surface area (Å²) in [6, 6.07) is 9.09. The summed E-state index contributed by atoms with van der Waals surface area (Å²) in [5.74, 6) is 0. The van der Waals surface area contributed by atoms with Crippen molar-refractivity contribution >= 4 is 17.3 Å². The summed E-state index contributed by atoms with van der Waals surface area (Å²) in [5.41, 5.74) is -3.97. The van der Waals surface area contributed by atoms with Gasteiger partial charge in [0, 0.05) is 29.4 Å². The third-order valence-corrected chi connectivity index (χ3v) is 4.95. The maximum atomic E-state index is 13.1. The van der Waals surface area contributed by atoms with Crippen LogP contribution in [0.1, 0.15) is 36.5 Å². The molecule has 0 aliphatic heterocycles. The largest absolute Gasteiger partial charge is 0.430 e. The fourth-order valence-electron chi connectivity index (χ4n) is 3.17. The second-order valence-corrected chi connectivity index (χ2v) is 7.60. The van der Waals surface area contributed by atoms with Crippen molar-refractivity contribution < 1.29 is 31.4 Å². The average Bonchev–Trinajstić information content (AvgIpc) is 2.62. The molecule has 0 saturated carbocycles. The number of halogens is 7. The Bertz CT molecular complexity index is 814. The Morgan fingerprint density at radius 2 is 1.50 bits per heavy atom. The van der Waals surface area contributed by atoms with E-state index in [1.807, 2.05) is 24.8 Å². The van der Waals surface area contributed by atoms with Crippen molar-refractivity contribution in [3.05, 3.63) is 64.2 Å². The Hall–Kier alpha value is -1.93. The standard InChI is InChI=1S/C21H22ClF6NO/c1-3-4-9-29(13-15-10-14(2)11-17(22)12-15)18-7-5-16(6-8-18)19(30,20(23,24)25)21(26,27)28/h5-8,10-12,30H,3-4,9,13H2,1-2H3. The zero-order valence-electron chi connectivity index (χ0n) is 16.4. The first kappa shape index (κ1) is 24.3. The first-order valence-corrected chi connectivity index (χ1v) is 9.64. The molecule has 166 valence electrons. The summed E-state index contributed by atoms with van der Waals surface area (Å²) in [6.45, 7) is 4.76. The van der Waals surface area contributed by atoms with Gasteiger partial charge in [-0.3, -0.25) is 0 Å². The number of alkyl halides is 6. The van der Waals surface area contributed by atoms with Gasteiger partial charge in [-0.1, -0.05) is 43.1 Å². The van der Waals surface area contributed by atoms with E-state index in [9.17, 15) is 31.4 Å². The smallest absolute Gasteiger partial charge is 0.369 e. The fourth-order valence-corrected chi connectivity index (χ4v) is 3.49. The molecule has 0 fully saturated rings. The number of hydrogen-bond donors (Lipinski definition) is 1. The van der Waals surface area contributed by atoms with Gasteiger partial charge in [0.05, 0.1) is 0 Å². The normalized spacial score (nSPS) is 12.9. The van der Waals surface area contributed by atoms with E-state index in [1.54, 1.807) is 12.1 Å². The zero-order chi connectivity index (χ0) is 22.7. The Morgan fingerprint density at radius 1 is 0.933 bits per heavy atom. The highest BCUT2D eigenvalue weighted by Gasteiger charge is 2.71. The molecule has 2 aromatic rings. The summed E-state index contributed by atoms with van der Waals surface area (Å²) in [6.07, 6.45) is -10.2. The minimum atomic E-state index is -5.91. The molecule has 0 aromatic heterocycles. The summed E-state index contributed by atoms with van der Waals surface area (Å²) >= 11 is 6.08. The van der Waals surface area contributed by atoms with E-state index < -0.39 is 23.5 Å². The van der Waals surface area contributed by atoms with Crippen LogP contribution in [-0.2, 0) is 12.1 Å². The topological polar surface area (TPSA) is 23.5 Å². The van der Waals surface area contributed by atoms with Crippen LogP contribution in [0.15, 0.2) is 42.5 Å². The Morgan fingerprint density at radius 3 is 1.97 bits per heavy atom. The molecule has 0 radical (unpaired) electrons. The molecule has 0 saturated heterocycles. The summed E-state index contributed by atoms with van der Waals surface area (Å²) in [5, 5.41) is 10.1. The predicted molar refractivity (Wildman–Crippen MR) is 105 cm³/mol. The number of aliphatic hydroxyl groups is 1. The van der Waals surface area contributed by atoms with Gasteiger partial charge in [0.2, 0.25) is 0 Å². The van der Waals surface area contributed by atoms with E-state index in [1.165, 1.54) is 0 Å². The van der Waals surface area contributed by atoms with Crippen LogP contribution >= 0.6 is 11.6 Å². The summed E-state index contributed by atoms with van der Waals surface area (Å²) < 4.78 is 78.5. The predicted octanol–water partition coefficient (Wildman–Crippen LogP) is 6.77.